The minimum absolute atomic E-state index is 0.182. The van der Waals surface area contributed by atoms with Crippen LogP contribution in [-0.2, 0) is 22.4 Å². The van der Waals surface area contributed by atoms with Crippen molar-refractivity contribution in [1.29, 1.82) is 0 Å². The van der Waals surface area contributed by atoms with E-state index in [4.69, 9.17) is 4.74 Å². The molecule has 6 heteroatoms. The van der Waals surface area contributed by atoms with E-state index >= 15 is 0 Å². The third-order valence-corrected chi connectivity index (χ3v) is 7.54. The first kappa shape index (κ1) is 22.1. The lowest BCUT2D eigenvalue weighted by molar-refractivity contribution is -0.148. The number of carbonyl (C=O) groups is 1. The van der Waals surface area contributed by atoms with Crippen molar-refractivity contribution in [3.05, 3.63) is 72.1 Å². The molecular formula is C27H32FN3O2. The molecule has 5 nitrogen and oxygen atoms in total. The van der Waals surface area contributed by atoms with Crippen molar-refractivity contribution in [2.75, 3.05) is 26.3 Å². The van der Waals surface area contributed by atoms with Crippen LogP contribution in [0.25, 0.3) is 5.52 Å². The second-order valence-electron chi connectivity index (χ2n) is 9.63. The molecule has 0 spiro atoms. The average molecular weight is 450 g/mol. The third kappa shape index (κ3) is 4.67. The average Bonchev–Trinajstić information content (AvgIpc) is 3.21. The van der Waals surface area contributed by atoms with Crippen molar-refractivity contribution in [3.63, 3.8) is 0 Å². The number of benzene rings is 1. The molecule has 2 aliphatic rings. The summed E-state index contributed by atoms with van der Waals surface area (Å²) in [5, 5.41) is 0. The second-order valence-corrected chi connectivity index (χ2v) is 9.63. The lowest BCUT2D eigenvalue weighted by Crippen LogP contribution is -2.48. The Labute approximate surface area is 194 Å². The van der Waals surface area contributed by atoms with Crippen LogP contribution < -0.4 is 0 Å². The Balaban J connectivity index is 1.29. The van der Waals surface area contributed by atoms with Crippen LogP contribution in [0, 0.1) is 17.2 Å². The van der Waals surface area contributed by atoms with Gasteiger partial charge in [0.05, 0.1) is 16.6 Å². The maximum atomic E-state index is 14.5. The number of hydrogen-bond acceptors (Lipinski definition) is 3. The van der Waals surface area contributed by atoms with E-state index in [-0.39, 0.29) is 11.7 Å². The Bertz CT molecular complexity index is 1110. The quantitative estimate of drug-likeness (QED) is 0.568. The zero-order valence-electron chi connectivity index (χ0n) is 19.1. The van der Waals surface area contributed by atoms with Gasteiger partial charge >= 0.3 is 0 Å². The molecule has 0 N–H and O–H groups in total. The largest absolute Gasteiger partial charge is 0.381 e. The summed E-state index contributed by atoms with van der Waals surface area (Å²) in [6.45, 7) is 2.65. The molecule has 0 saturated carbocycles. The van der Waals surface area contributed by atoms with Gasteiger partial charge in [0.2, 0.25) is 5.91 Å². The number of ether oxygens (including phenoxy) is 1. The first-order valence-corrected chi connectivity index (χ1v) is 12.2. The van der Waals surface area contributed by atoms with Gasteiger partial charge in [0.1, 0.15) is 5.82 Å². The van der Waals surface area contributed by atoms with Crippen LogP contribution >= 0.6 is 0 Å². The maximum absolute atomic E-state index is 14.5. The summed E-state index contributed by atoms with van der Waals surface area (Å²) in [4.78, 5) is 20.6. The first-order valence-electron chi connectivity index (χ1n) is 12.2. The molecule has 5 rings (SSSR count). The summed E-state index contributed by atoms with van der Waals surface area (Å²) in [5.41, 5.74) is 2.36. The summed E-state index contributed by atoms with van der Waals surface area (Å²) in [7, 11) is 0. The Kier molecular flexibility index (Phi) is 6.45. The number of halogens is 1. The van der Waals surface area contributed by atoms with Gasteiger partial charge in [-0.3, -0.25) is 9.78 Å². The molecule has 0 radical (unpaired) electrons. The van der Waals surface area contributed by atoms with Gasteiger partial charge in [0.25, 0.3) is 0 Å². The van der Waals surface area contributed by atoms with Crippen LogP contribution in [0.2, 0.25) is 0 Å². The van der Waals surface area contributed by atoms with Gasteiger partial charge in [-0.15, -0.1) is 0 Å². The van der Waals surface area contributed by atoms with Crippen molar-refractivity contribution in [2.45, 2.75) is 44.9 Å². The molecule has 4 heterocycles. The highest BCUT2D eigenvalue weighted by Gasteiger charge is 2.43. The summed E-state index contributed by atoms with van der Waals surface area (Å²) in [6, 6.07) is 11.0. The maximum Gasteiger partial charge on any atom is 0.229 e. The standard InChI is InChI=1S/C27H32FN3O2/c28-23-7-2-1-6-22(23)20-27(10-17-33-18-11-27)26(32)31-14-3-5-21(9-15-31)19-24-25-8-4-13-30(25)16-12-29-24/h1-2,4,6-8,12-13,16,21H,3,5,9-11,14-15,17-20H2/t21-/m0/s1. The Morgan fingerprint density at radius 1 is 1.09 bits per heavy atom. The van der Waals surface area contributed by atoms with E-state index in [1.807, 2.05) is 24.5 Å². The zero-order valence-corrected chi connectivity index (χ0v) is 19.1. The third-order valence-electron chi connectivity index (χ3n) is 7.54. The van der Waals surface area contributed by atoms with Crippen LogP contribution in [0.4, 0.5) is 4.39 Å². The fourth-order valence-electron chi connectivity index (χ4n) is 5.60. The molecule has 3 aromatic rings. The molecule has 2 aliphatic heterocycles. The van der Waals surface area contributed by atoms with Crippen LogP contribution in [0.15, 0.2) is 55.0 Å². The highest BCUT2D eigenvalue weighted by Crippen LogP contribution is 2.38. The fraction of sp³-hybridized carbons (Fsp3) is 0.481. The first-order chi connectivity index (χ1) is 16.1. The smallest absolute Gasteiger partial charge is 0.229 e. The van der Waals surface area contributed by atoms with E-state index in [1.54, 1.807) is 6.07 Å². The van der Waals surface area contributed by atoms with E-state index in [2.05, 4.69) is 32.6 Å². The van der Waals surface area contributed by atoms with Gasteiger partial charge < -0.3 is 14.0 Å². The Hall–Kier alpha value is -2.73. The minimum Gasteiger partial charge on any atom is -0.381 e. The predicted octanol–water partition coefficient (Wildman–Crippen LogP) is 4.68. The minimum atomic E-state index is -0.570. The van der Waals surface area contributed by atoms with Crippen molar-refractivity contribution >= 4 is 11.4 Å². The van der Waals surface area contributed by atoms with Gasteiger partial charge in [-0.1, -0.05) is 18.2 Å². The normalized spacial score (nSPS) is 21.1. The predicted molar refractivity (Wildman–Crippen MR) is 125 cm³/mol. The van der Waals surface area contributed by atoms with Crippen molar-refractivity contribution in [2.24, 2.45) is 11.3 Å². The summed E-state index contributed by atoms with van der Waals surface area (Å²) >= 11 is 0. The lowest BCUT2D eigenvalue weighted by Gasteiger charge is -2.40. The van der Waals surface area contributed by atoms with Crippen molar-refractivity contribution in [1.82, 2.24) is 14.3 Å². The molecular weight excluding hydrogens is 417 g/mol. The van der Waals surface area contributed by atoms with E-state index in [1.165, 1.54) is 11.6 Å². The number of likely N-dealkylation sites (tertiary alicyclic amines) is 1. The van der Waals surface area contributed by atoms with Crippen LogP contribution in [0.5, 0.6) is 0 Å². The Morgan fingerprint density at radius 2 is 1.94 bits per heavy atom. The van der Waals surface area contributed by atoms with Gasteiger partial charge in [-0.25, -0.2) is 4.39 Å². The number of nitrogens with zero attached hydrogens (tertiary/aromatic N) is 3. The van der Waals surface area contributed by atoms with Gasteiger partial charge in [0, 0.05) is 44.9 Å². The number of hydrogen-bond donors (Lipinski definition) is 0. The topological polar surface area (TPSA) is 46.8 Å². The summed E-state index contributed by atoms with van der Waals surface area (Å²) < 4.78 is 22.2. The van der Waals surface area contributed by atoms with Gasteiger partial charge in [-0.05, 0) is 74.6 Å². The van der Waals surface area contributed by atoms with Crippen molar-refractivity contribution < 1.29 is 13.9 Å². The molecule has 0 bridgehead atoms. The number of fused-ring (bicyclic) bond motifs is 1. The summed E-state index contributed by atoms with van der Waals surface area (Å²) in [6.07, 6.45) is 11.6. The molecule has 0 aliphatic carbocycles. The highest BCUT2D eigenvalue weighted by molar-refractivity contribution is 5.83. The monoisotopic (exact) mass is 449 g/mol. The van der Waals surface area contributed by atoms with E-state index in [0.717, 1.165) is 44.5 Å². The second kappa shape index (κ2) is 9.64. The number of amides is 1. The molecule has 174 valence electrons. The molecule has 2 fully saturated rings. The molecule has 0 unspecified atom stereocenters. The highest BCUT2D eigenvalue weighted by atomic mass is 19.1. The van der Waals surface area contributed by atoms with E-state index < -0.39 is 5.41 Å². The molecule has 2 aromatic heterocycles. The van der Waals surface area contributed by atoms with E-state index in [0.29, 0.717) is 44.0 Å². The molecule has 1 amide bonds. The molecule has 33 heavy (non-hydrogen) atoms. The number of rotatable bonds is 5. The van der Waals surface area contributed by atoms with Gasteiger partial charge in [0.15, 0.2) is 0 Å². The SMILES string of the molecule is O=C(N1CCC[C@H](Cc2nccn3cccc23)CC1)C1(Cc2ccccc2F)CCOCC1. The zero-order chi connectivity index (χ0) is 22.7. The van der Waals surface area contributed by atoms with Crippen molar-refractivity contribution in [3.8, 4) is 0 Å². The number of carbonyl (C=O) groups excluding carboxylic acids is 1. The Morgan fingerprint density at radius 3 is 2.79 bits per heavy atom. The molecule has 1 atom stereocenters. The fourth-order valence-corrected chi connectivity index (χ4v) is 5.60. The number of aromatic nitrogens is 2. The van der Waals surface area contributed by atoms with Crippen LogP contribution in [0.3, 0.4) is 0 Å². The van der Waals surface area contributed by atoms with E-state index in [9.17, 15) is 9.18 Å². The molecule has 1 aromatic carbocycles. The summed E-state index contributed by atoms with van der Waals surface area (Å²) in [5.74, 6) is 0.467. The lowest BCUT2D eigenvalue weighted by atomic mass is 9.74. The van der Waals surface area contributed by atoms with Crippen LogP contribution in [-0.4, -0.2) is 46.5 Å². The molecule has 2 saturated heterocycles. The van der Waals surface area contributed by atoms with Crippen LogP contribution in [0.1, 0.15) is 43.4 Å². The van der Waals surface area contributed by atoms with Gasteiger partial charge in [-0.2, -0.15) is 0 Å².